The molecule has 0 spiro atoms. The molecule has 0 N–H and O–H groups in total. The van der Waals surface area contributed by atoms with Crippen LogP contribution in [-0.4, -0.2) is 55.7 Å². The molecule has 0 saturated carbocycles. The van der Waals surface area contributed by atoms with Crippen molar-refractivity contribution in [1.82, 2.24) is 10.2 Å². The maximum atomic E-state index is 12.8. The number of nitrogens with zero attached hydrogens (tertiary/aromatic N) is 4. The van der Waals surface area contributed by atoms with Crippen LogP contribution in [0.25, 0.3) is 0 Å². The molecule has 8 heteroatoms. The van der Waals surface area contributed by atoms with Gasteiger partial charge in [0.25, 0.3) is 5.91 Å². The van der Waals surface area contributed by atoms with Crippen molar-refractivity contribution >= 4 is 27.2 Å². The van der Waals surface area contributed by atoms with Crippen molar-refractivity contribution in [3.63, 3.8) is 0 Å². The minimum atomic E-state index is -2.96. The molecule has 0 radical (unpaired) electrons. The van der Waals surface area contributed by atoms with Crippen LogP contribution in [0.4, 0.5) is 11.5 Å². The summed E-state index contributed by atoms with van der Waals surface area (Å²) < 4.78 is 23.3. The Morgan fingerprint density at radius 2 is 2.00 bits per heavy atom. The summed E-state index contributed by atoms with van der Waals surface area (Å²) in [5.41, 5.74) is 2.38. The summed E-state index contributed by atoms with van der Waals surface area (Å²) in [5, 5.41) is 8.25. The van der Waals surface area contributed by atoms with E-state index in [0.717, 1.165) is 17.7 Å². The molecule has 0 bridgehead atoms. The predicted molar refractivity (Wildman–Crippen MR) is 99.3 cm³/mol. The lowest BCUT2D eigenvalue weighted by atomic mass is 10.2. The number of benzene rings is 1. The number of fused-ring (bicyclic) bond motifs is 1. The number of rotatable bonds is 3. The SMILES string of the molecule is CN(c1ccc(C(=O)N2CCc3ccccc32)nn1)C1CCS(=O)(=O)C1. The number of para-hydroxylation sites is 1. The van der Waals surface area contributed by atoms with Crippen molar-refractivity contribution in [2.45, 2.75) is 18.9 Å². The molecule has 2 aliphatic rings. The molecule has 136 valence electrons. The molecule has 4 rings (SSSR count). The second-order valence-electron chi connectivity index (χ2n) is 6.78. The van der Waals surface area contributed by atoms with Gasteiger partial charge in [0.15, 0.2) is 21.3 Å². The number of sulfone groups is 1. The van der Waals surface area contributed by atoms with Crippen LogP contribution in [0, 0.1) is 0 Å². The van der Waals surface area contributed by atoms with Gasteiger partial charge in [0.2, 0.25) is 0 Å². The van der Waals surface area contributed by atoms with Gasteiger partial charge in [-0.25, -0.2) is 8.42 Å². The second-order valence-corrected chi connectivity index (χ2v) is 9.01. The van der Waals surface area contributed by atoms with E-state index in [1.54, 1.807) is 17.0 Å². The third-order valence-electron chi connectivity index (χ3n) is 5.12. The molecule has 26 heavy (non-hydrogen) atoms. The largest absolute Gasteiger partial charge is 0.354 e. The standard InChI is InChI=1S/C18H20N4O3S/c1-21(14-9-11-26(24,25)12-14)17-7-6-15(19-20-17)18(23)22-10-8-13-4-2-3-5-16(13)22/h2-7,14H,8-12H2,1H3. The highest BCUT2D eigenvalue weighted by atomic mass is 32.2. The molecule has 0 aliphatic carbocycles. The minimum absolute atomic E-state index is 0.0960. The molecule has 1 amide bonds. The van der Waals surface area contributed by atoms with Crippen molar-refractivity contribution in [3.8, 4) is 0 Å². The number of carbonyl (C=O) groups excluding carboxylic acids is 1. The highest BCUT2D eigenvalue weighted by Crippen LogP contribution is 2.28. The number of hydrogen-bond donors (Lipinski definition) is 0. The fraction of sp³-hybridized carbons (Fsp3) is 0.389. The predicted octanol–water partition coefficient (Wildman–Crippen LogP) is 1.30. The molecule has 1 atom stereocenters. The first-order valence-corrected chi connectivity index (χ1v) is 10.4. The summed E-state index contributed by atoms with van der Waals surface area (Å²) in [5.74, 6) is 0.752. The number of anilines is 2. The lowest BCUT2D eigenvalue weighted by Gasteiger charge is -2.24. The van der Waals surface area contributed by atoms with Crippen LogP contribution in [-0.2, 0) is 16.3 Å². The van der Waals surface area contributed by atoms with Crippen molar-refractivity contribution in [2.75, 3.05) is 34.9 Å². The van der Waals surface area contributed by atoms with Crippen LogP contribution in [0.15, 0.2) is 36.4 Å². The van der Waals surface area contributed by atoms with Crippen LogP contribution >= 0.6 is 0 Å². The number of amides is 1. The average molecular weight is 372 g/mol. The van der Waals surface area contributed by atoms with Gasteiger partial charge in [0.1, 0.15) is 0 Å². The first-order chi connectivity index (χ1) is 12.4. The molecule has 1 unspecified atom stereocenters. The van der Waals surface area contributed by atoms with Gasteiger partial charge >= 0.3 is 0 Å². The molecule has 2 aromatic rings. The zero-order chi connectivity index (χ0) is 18.3. The van der Waals surface area contributed by atoms with Gasteiger partial charge in [-0.05, 0) is 36.6 Å². The van der Waals surface area contributed by atoms with E-state index < -0.39 is 9.84 Å². The Balaban J connectivity index is 1.51. The first-order valence-electron chi connectivity index (χ1n) is 8.61. The maximum absolute atomic E-state index is 12.8. The lowest BCUT2D eigenvalue weighted by molar-refractivity contribution is 0.0983. The summed E-state index contributed by atoms with van der Waals surface area (Å²) in [6.45, 7) is 0.640. The van der Waals surface area contributed by atoms with E-state index in [1.165, 1.54) is 0 Å². The molecular formula is C18H20N4O3S. The van der Waals surface area contributed by atoms with Gasteiger partial charge in [-0.15, -0.1) is 10.2 Å². The molecule has 1 saturated heterocycles. The Hall–Kier alpha value is -2.48. The Bertz CT molecular complexity index is 943. The highest BCUT2D eigenvalue weighted by molar-refractivity contribution is 7.91. The Morgan fingerprint density at radius 3 is 2.69 bits per heavy atom. The molecule has 1 aromatic carbocycles. The molecule has 1 aromatic heterocycles. The number of carbonyl (C=O) groups is 1. The van der Waals surface area contributed by atoms with E-state index in [9.17, 15) is 13.2 Å². The van der Waals surface area contributed by atoms with Crippen LogP contribution in [0.3, 0.4) is 0 Å². The normalized spacial score (nSPS) is 20.8. The average Bonchev–Trinajstić information content (AvgIpc) is 3.24. The van der Waals surface area contributed by atoms with Crippen LogP contribution in [0.2, 0.25) is 0 Å². The molecule has 7 nitrogen and oxygen atoms in total. The zero-order valence-electron chi connectivity index (χ0n) is 14.5. The minimum Gasteiger partial charge on any atom is -0.354 e. The monoisotopic (exact) mass is 372 g/mol. The number of hydrogen-bond acceptors (Lipinski definition) is 6. The van der Waals surface area contributed by atoms with Gasteiger partial charge in [-0.1, -0.05) is 18.2 Å². The van der Waals surface area contributed by atoms with Crippen LogP contribution in [0.5, 0.6) is 0 Å². The molecular weight excluding hydrogens is 352 g/mol. The van der Waals surface area contributed by atoms with E-state index >= 15 is 0 Å². The third kappa shape index (κ3) is 3.05. The van der Waals surface area contributed by atoms with Gasteiger partial charge in [0.05, 0.1) is 11.5 Å². The molecule has 3 heterocycles. The smallest absolute Gasteiger partial charge is 0.278 e. The van der Waals surface area contributed by atoms with E-state index in [0.29, 0.717) is 18.8 Å². The second kappa shape index (κ2) is 6.35. The van der Waals surface area contributed by atoms with Crippen LogP contribution < -0.4 is 9.80 Å². The summed E-state index contributed by atoms with van der Waals surface area (Å²) in [4.78, 5) is 16.3. The van der Waals surface area contributed by atoms with Crippen molar-refractivity contribution in [3.05, 3.63) is 47.7 Å². The number of aromatic nitrogens is 2. The van der Waals surface area contributed by atoms with Gasteiger partial charge < -0.3 is 9.80 Å². The Kier molecular flexibility index (Phi) is 4.14. The fourth-order valence-corrected chi connectivity index (χ4v) is 5.36. The Labute approximate surface area is 152 Å². The Morgan fingerprint density at radius 1 is 1.19 bits per heavy atom. The van der Waals surface area contributed by atoms with Crippen LogP contribution in [0.1, 0.15) is 22.5 Å². The van der Waals surface area contributed by atoms with Crippen molar-refractivity contribution in [2.24, 2.45) is 0 Å². The van der Waals surface area contributed by atoms with E-state index in [1.807, 2.05) is 36.2 Å². The van der Waals surface area contributed by atoms with Gasteiger partial charge in [0, 0.05) is 25.3 Å². The van der Waals surface area contributed by atoms with Crippen molar-refractivity contribution < 1.29 is 13.2 Å². The summed E-state index contributed by atoms with van der Waals surface area (Å²) in [6.07, 6.45) is 1.43. The molecule has 2 aliphatic heterocycles. The molecule has 1 fully saturated rings. The first kappa shape index (κ1) is 17.0. The summed E-state index contributed by atoms with van der Waals surface area (Å²) in [7, 11) is -1.15. The fourth-order valence-electron chi connectivity index (χ4n) is 3.58. The van der Waals surface area contributed by atoms with Gasteiger partial charge in [-0.2, -0.15) is 0 Å². The lowest BCUT2D eigenvalue weighted by Crippen LogP contribution is -2.34. The van der Waals surface area contributed by atoms with E-state index in [4.69, 9.17) is 0 Å². The van der Waals surface area contributed by atoms with Crippen molar-refractivity contribution in [1.29, 1.82) is 0 Å². The highest BCUT2D eigenvalue weighted by Gasteiger charge is 2.32. The topological polar surface area (TPSA) is 83.5 Å². The summed E-state index contributed by atoms with van der Waals surface area (Å²) >= 11 is 0. The van der Waals surface area contributed by atoms with Gasteiger partial charge in [-0.3, -0.25) is 4.79 Å². The van der Waals surface area contributed by atoms with E-state index in [-0.39, 0.29) is 29.1 Å². The summed E-state index contributed by atoms with van der Waals surface area (Å²) in [6, 6.07) is 11.2. The maximum Gasteiger partial charge on any atom is 0.278 e. The van der Waals surface area contributed by atoms with E-state index in [2.05, 4.69) is 10.2 Å². The third-order valence-corrected chi connectivity index (χ3v) is 6.87. The quantitative estimate of drug-likeness (QED) is 0.808. The zero-order valence-corrected chi connectivity index (χ0v) is 15.3.